The molecule has 3 rings (SSSR count). The number of nitrogens with one attached hydrogen (secondary N) is 1. The van der Waals surface area contributed by atoms with Crippen LogP contribution in [0.4, 0.5) is 4.39 Å². The van der Waals surface area contributed by atoms with Gasteiger partial charge in [-0.05, 0) is 56.8 Å². The van der Waals surface area contributed by atoms with Crippen molar-refractivity contribution in [1.29, 1.82) is 0 Å². The van der Waals surface area contributed by atoms with Crippen molar-refractivity contribution in [2.24, 2.45) is 0 Å². The van der Waals surface area contributed by atoms with E-state index in [0.717, 1.165) is 16.7 Å². The molecule has 0 radical (unpaired) electrons. The molecule has 102 valence electrons. The Morgan fingerprint density at radius 3 is 2.95 bits per heavy atom. The average Bonchev–Trinajstić information content (AvgIpc) is 2.96. The van der Waals surface area contributed by atoms with E-state index in [1.807, 2.05) is 24.9 Å². The van der Waals surface area contributed by atoms with E-state index in [1.165, 1.54) is 30.7 Å². The van der Waals surface area contributed by atoms with Gasteiger partial charge in [-0.25, -0.2) is 4.39 Å². The fraction of sp³-hybridized carbons (Fsp3) is 0.467. The summed E-state index contributed by atoms with van der Waals surface area (Å²) in [6.45, 7) is 2.28. The van der Waals surface area contributed by atoms with Gasteiger partial charge in [0, 0.05) is 10.1 Å². The Bertz CT molecular complexity index is 589. The first-order chi connectivity index (χ1) is 9.12. The highest BCUT2D eigenvalue weighted by atomic mass is 32.2. The summed E-state index contributed by atoms with van der Waals surface area (Å²) in [4.78, 5) is 0. The molecule has 1 aromatic carbocycles. The van der Waals surface area contributed by atoms with Crippen LogP contribution in [-0.2, 0) is 0 Å². The molecule has 0 bridgehead atoms. The minimum absolute atomic E-state index is 0.154. The third-order valence-corrected chi connectivity index (χ3v) is 5.52. The Morgan fingerprint density at radius 1 is 1.42 bits per heavy atom. The van der Waals surface area contributed by atoms with Crippen LogP contribution < -0.4 is 5.32 Å². The van der Waals surface area contributed by atoms with Crippen molar-refractivity contribution in [3.05, 3.63) is 35.8 Å². The second-order valence-electron chi connectivity index (χ2n) is 5.32. The summed E-state index contributed by atoms with van der Waals surface area (Å²) in [5.41, 5.74) is 0.753. The third-order valence-electron chi connectivity index (χ3n) is 3.93. The van der Waals surface area contributed by atoms with Crippen molar-refractivity contribution in [1.82, 2.24) is 5.32 Å². The van der Waals surface area contributed by atoms with Gasteiger partial charge in [-0.2, -0.15) is 11.8 Å². The number of hydrogen-bond acceptors (Lipinski definition) is 3. The Balaban J connectivity index is 2.01. The lowest BCUT2D eigenvalue weighted by atomic mass is 9.94. The third kappa shape index (κ3) is 2.28. The predicted molar refractivity (Wildman–Crippen MR) is 78.1 cm³/mol. The zero-order chi connectivity index (χ0) is 13.5. The SMILES string of the molecule is CNC(c1cc2cc(F)ccc2o1)C1(C)CCCS1. The Labute approximate surface area is 116 Å². The molecular formula is C15H18FNOS. The van der Waals surface area contributed by atoms with E-state index in [9.17, 15) is 4.39 Å². The molecule has 2 aromatic rings. The number of furan rings is 1. The molecule has 0 aliphatic carbocycles. The van der Waals surface area contributed by atoms with Gasteiger partial charge in [0.15, 0.2) is 0 Å². The molecule has 2 nitrogen and oxygen atoms in total. The molecule has 1 aromatic heterocycles. The van der Waals surface area contributed by atoms with E-state index in [1.54, 1.807) is 6.07 Å². The van der Waals surface area contributed by atoms with Crippen LogP contribution in [0.5, 0.6) is 0 Å². The molecule has 0 spiro atoms. The van der Waals surface area contributed by atoms with Crippen molar-refractivity contribution < 1.29 is 8.81 Å². The zero-order valence-electron chi connectivity index (χ0n) is 11.2. The van der Waals surface area contributed by atoms with Crippen molar-refractivity contribution in [2.75, 3.05) is 12.8 Å². The normalized spacial score (nSPS) is 25.0. The van der Waals surface area contributed by atoms with Crippen LogP contribution in [0.1, 0.15) is 31.6 Å². The summed E-state index contributed by atoms with van der Waals surface area (Å²) in [6, 6.07) is 6.79. The maximum Gasteiger partial charge on any atom is 0.134 e. The van der Waals surface area contributed by atoms with Gasteiger partial charge in [-0.1, -0.05) is 0 Å². The fourth-order valence-corrected chi connectivity index (χ4v) is 4.40. The standard InChI is InChI=1S/C15H18FNOS/c1-15(6-3-7-19-15)14(17-2)13-9-10-8-11(16)4-5-12(10)18-13/h4-5,8-9,14,17H,3,6-7H2,1-2H3. The van der Waals surface area contributed by atoms with E-state index >= 15 is 0 Å². The van der Waals surface area contributed by atoms with Crippen molar-refractivity contribution in [3.63, 3.8) is 0 Å². The Morgan fingerprint density at radius 2 is 2.26 bits per heavy atom. The minimum atomic E-state index is -0.220. The molecule has 1 aliphatic heterocycles. The van der Waals surface area contributed by atoms with Crippen LogP contribution in [0, 0.1) is 5.82 Å². The summed E-state index contributed by atoms with van der Waals surface area (Å²) in [7, 11) is 1.96. The molecule has 2 unspecified atom stereocenters. The van der Waals surface area contributed by atoms with Crippen molar-refractivity contribution in [3.8, 4) is 0 Å². The lowest BCUT2D eigenvalue weighted by Crippen LogP contribution is -2.35. The molecule has 19 heavy (non-hydrogen) atoms. The molecule has 1 saturated heterocycles. The Kier molecular flexibility index (Phi) is 3.31. The van der Waals surface area contributed by atoms with Gasteiger partial charge in [0.2, 0.25) is 0 Å². The van der Waals surface area contributed by atoms with E-state index in [0.29, 0.717) is 0 Å². The predicted octanol–water partition coefficient (Wildman–Crippen LogP) is 4.12. The molecule has 2 heterocycles. The number of benzene rings is 1. The second-order valence-corrected chi connectivity index (χ2v) is 6.95. The van der Waals surface area contributed by atoms with Crippen LogP contribution >= 0.6 is 11.8 Å². The highest BCUT2D eigenvalue weighted by Gasteiger charge is 2.39. The maximum absolute atomic E-state index is 13.2. The quantitative estimate of drug-likeness (QED) is 0.915. The molecule has 2 atom stereocenters. The number of thioether (sulfide) groups is 1. The number of fused-ring (bicyclic) bond motifs is 1. The summed E-state index contributed by atoms with van der Waals surface area (Å²) < 4.78 is 19.3. The second kappa shape index (κ2) is 4.84. The topological polar surface area (TPSA) is 25.2 Å². The summed E-state index contributed by atoms with van der Waals surface area (Å²) >= 11 is 1.99. The van der Waals surface area contributed by atoms with Gasteiger partial charge in [0.05, 0.1) is 6.04 Å². The average molecular weight is 279 g/mol. The molecule has 1 N–H and O–H groups in total. The first-order valence-electron chi connectivity index (χ1n) is 6.62. The van der Waals surface area contributed by atoms with E-state index in [4.69, 9.17) is 4.42 Å². The summed E-state index contributed by atoms with van der Waals surface area (Å²) in [5.74, 6) is 1.88. The number of rotatable bonds is 3. The van der Waals surface area contributed by atoms with Gasteiger partial charge < -0.3 is 9.73 Å². The van der Waals surface area contributed by atoms with Gasteiger partial charge in [0.1, 0.15) is 17.2 Å². The molecule has 4 heteroatoms. The van der Waals surface area contributed by atoms with Gasteiger partial charge in [-0.15, -0.1) is 0 Å². The van der Waals surface area contributed by atoms with Crippen LogP contribution in [0.2, 0.25) is 0 Å². The summed E-state index contributed by atoms with van der Waals surface area (Å²) in [5, 5.41) is 4.20. The largest absolute Gasteiger partial charge is 0.459 e. The summed E-state index contributed by atoms with van der Waals surface area (Å²) in [6.07, 6.45) is 2.42. The van der Waals surface area contributed by atoms with E-state index in [-0.39, 0.29) is 16.6 Å². The smallest absolute Gasteiger partial charge is 0.134 e. The highest BCUT2D eigenvalue weighted by Crippen LogP contribution is 2.47. The lowest BCUT2D eigenvalue weighted by Gasteiger charge is -2.31. The number of halogens is 1. The van der Waals surface area contributed by atoms with Crippen molar-refractivity contribution >= 4 is 22.7 Å². The van der Waals surface area contributed by atoms with Gasteiger partial charge in [-0.3, -0.25) is 0 Å². The first kappa shape index (κ1) is 13.0. The molecule has 0 saturated carbocycles. The highest BCUT2D eigenvalue weighted by molar-refractivity contribution is 8.00. The molecule has 1 aliphatic rings. The minimum Gasteiger partial charge on any atom is -0.459 e. The Hall–Kier alpha value is -1.000. The fourth-order valence-electron chi connectivity index (χ4n) is 2.95. The van der Waals surface area contributed by atoms with Crippen molar-refractivity contribution in [2.45, 2.75) is 30.6 Å². The van der Waals surface area contributed by atoms with Crippen LogP contribution in [0.15, 0.2) is 28.7 Å². The van der Waals surface area contributed by atoms with Crippen LogP contribution in [-0.4, -0.2) is 17.5 Å². The monoisotopic (exact) mass is 279 g/mol. The molecule has 1 fully saturated rings. The van der Waals surface area contributed by atoms with Crippen LogP contribution in [0.25, 0.3) is 11.0 Å². The number of hydrogen-bond donors (Lipinski definition) is 1. The van der Waals surface area contributed by atoms with Crippen LogP contribution in [0.3, 0.4) is 0 Å². The zero-order valence-corrected chi connectivity index (χ0v) is 12.0. The lowest BCUT2D eigenvalue weighted by molar-refractivity contribution is 0.373. The van der Waals surface area contributed by atoms with E-state index < -0.39 is 0 Å². The molecule has 0 amide bonds. The first-order valence-corrected chi connectivity index (χ1v) is 7.61. The van der Waals surface area contributed by atoms with Gasteiger partial charge >= 0.3 is 0 Å². The van der Waals surface area contributed by atoms with Gasteiger partial charge in [0.25, 0.3) is 0 Å². The maximum atomic E-state index is 13.2. The molecular weight excluding hydrogens is 261 g/mol. The van der Waals surface area contributed by atoms with E-state index in [2.05, 4.69) is 12.2 Å².